The smallest absolute Gasteiger partial charge is 0.0407 e. The van der Waals surface area contributed by atoms with Crippen LogP contribution in [0.25, 0.3) is 0 Å². The Morgan fingerprint density at radius 2 is 1.88 bits per heavy atom. The summed E-state index contributed by atoms with van der Waals surface area (Å²) in [7, 11) is 2.17. The topological polar surface area (TPSA) is 15.3 Å². The van der Waals surface area contributed by atoms with Gasteiger partial charge in [0, 0.05) is 23.8 Å². The van der Waals surface area contributed by atoms with E-state index in [4.69, 9.17) is 11.6 Å². The molecule has 0 spiro atoms. The van der Waals surface area contributed by atoms with Crippen LogP contribution in [0.2, 0.25) is 5.02 Å². The van der Waals surface area contributed by atoms with Crippen molar-refractivity contribution in [2.45, 2.75) is 19.8 Å². The lowest BCUT2D eigenvalue weighted by molar-refractivity contribution is 0.340. The summed E-state index contributed by atoms with van der Waals surface area (Å²) in [6.07, 6.45) is 2.53. The van der Waals surface area contributed by atoms with Gasteiger partial charge in [0.25, 0.3) is 0 Å². The maximum Gasteiger partial charge on any atom is 0.0407 e. The minimum absolute atomic E-state index is 0.783. The zero-order chi connectivity index (χ0) is 11.8. The van der Waals surface area contributed by atoms with Crippen molar-refractivity contribution in [1.82, 2.24) is 4.90 Å². The Hall–Kier alpha value is -0.730. The molecule has 0 amide bonds. The van der Waals surface area contributed by atoms with Crippen LogP contribution in [0.1, 0.15) is 19.8 Å². The molecule has 0 saturated heterocycles. The molecule has 0 radical (unpaired) electrons. The van der Waals surface area contributed by atoms with Gasteiger partial charge in [-0.15, -0.1) is 0 Å². The summed E-state index contributed by atoms with van der Waals surface area (Å²) in [5.74, 6) is 0. The molecule has 0 fully saturated rings. The molecule has 1 N–H and O–H groups in total. The van der Waals surface area contributed by atoms with Gasteiger partial charge in [-0.2, -0.15) is 0 Å². The average molecular weight is 241 g/mol. The lowest BCUT2D eigenvalue weighted by atomic mass is 10.3. The predicted molar refractivity (Wildman–Crippen MR) is 72.3 cm³/mol. The standard InChI is InChI=1S/C13H21ClN2/c1-3-4-10-16(2)11-9-15-13-7-5-12(14)6-8-13/h5-8,15H,3-4,9-11H2,1-2H3. The third-order valence-corrected chi connectivity index (χ3v) is 2.81. The molecule has 90 valence electrons. The van der Waals surface area contributed by atoms with Crippen LogP contribution in [0.15, 0.2) is 24.3 Å². The molecule has 0 aliphatic carbocycles. The highest BCUT2D eigenvalue weighted by Gasteiger charge is 1.97. The Morgan fingerprint density at radius 1 is 1.19 bits per heavy atom. The average Bonchev–Trinajstić information content (AvgIpc) is 2.29. The number of nitrogens with zero attached hydrogens (tertiary/aromatic N) is 1. The van der Waals surface area contributed by atoms with Gasteiger partial charge in [-0.25, -0.2) is 0 Å². The summed E-state index contributed by atoms with van der Waals surface area (Å²) in [5, 5.41) is 4.16. The fourth-order valence-corrected chi connectivity index (χ4v) is 1.62. The molecule has 0 unspecified atom stereocenters. The summed E-state index contributed by atoms with van der Waals surface area (Å²) in [6.45, 7) is 5.45. The van der Waals surface area contributed by atoms with Crippen molar-refractivity contribution < 1.29 is 0 Å². The molecule has 0 heterocycles. The van der Waals surface area contributed by atoms with E-state index in [2.05, 4.69) is 24.2 Å². The molecular formula is C13H21ClN2. The summed E-state index contributed by atoms with van der Waals surface area (Å²) in [4.78, 5) is 2.35. The first-order valence-electron chi connectivity index (χ1n) is 5.90. The van der Waals surface area contributed by atoms with Gasteiger partial charge < -0.3 is 10.2 Å². The molecule has 1 aromatic carbocycles. The second kappa shape index (κ2) is 7.53. The fraction of sp³-hybridized carbons (Fsp3) is 0.538. The number of unbranched alkanes of at least 4 members (excludes halogenated alkanes) is 1. The van der Waals surface area contributed by atoms with Gasteiger partial charge in [-0.05, 0) is 44.3 Å². The van der Waals surface area contributed by atoms with Crippen LogP contribution in [0.3, 0.4) is 0 Å². The quantitative estimate of drug-likeness (QED) is 0.785. The Morgan fingerprint density at radius 3 is 2.50 bits per heavy atom. The lowest BCUT2D eigenvalue weighted by Crippen LogP contribution is -2.26. The molecule has 0 aliphatic rings. The first kappa shape index (κ1) is 13.3. The van der Waals surface area contributed by atoms with Crippen molar-refractivity contribution in [2.75, 3.05) is 32.0 Å². The molecule has 0 aliphatic heterocycles. The van der Waals surface area contributed by atoms with Crippen LogP contribution >= 0.6 is 11.6 Å². The number of hydrogen-bond donors (Lipinski definition) is 1. The van der Waals surface area contributed by atoms with Crippen molar-refractivity contribution in [2.24, 2.45) is 0 Å². The number of benzene rings is 1. The van der Waals surface area contributed by atoms with Crippen molar-refractivity contribution in [3.05, 3.63) is 29.3 Å². The van der Waals surface area contributed by atoms with Gasteiger partial charge in [0.15, 0.2) is 0 Å². The number of rotatable bonds is 7. The van der Waals surface area contributed by atoms with E-state index in [1.54, 1.807) is 0 Å². The van der Waals surface area contributed by atoms with E-state index in [9.17, 15) is 0 Å². The van der Waals surface area contributed by atoms with Gasteiger partial charge in [0.2, 0.25) is 0 Å². The molecule has 3 heteroatoms. The third-order valence-electron chi connectivity index (χ3n) is 2.56. The molecule has 0 saturated carbocycles. The fourth-order valence-electron chi connectivity index (χ4n) is 1.50. The van der Waals surface area contributed by atoms with Crippen molar-refractivity contribution in [3.8, 4) is 0 Å². The first-order chi connectivity index (χ1) is 7.72. The Bertz CT molecular complexity index is 284. The Balaban J connectivity index is 2.17. The monoisotopic (exact) mass is 240 g/mol. The first-order valence-corrected chi connectivity index (χ1v) is 6.28. The number of nitrogens with one attached hydrogen (secondary N) is 1. The molecule has 0 aromatic heterocycles. The second-order valence-electron chi connectivity index (χ2n) is 4.09. The van der Waals surface area contributed by atoms with Crippen molar-refractivity contribution >= 4 is 17.3 Å². The molecule has 0 bridgehead atoms. The molecule has 1 rings (SSSR count). The van der Waals surface area contributed by atoms with E-state index >= 15 is 0 Å². The SMILES string of the molecule is CCCCN(C)CCNc1ccc(Cl)cc1. The van der Waals surface area contributed by atoms with Crippen LogP contribution in [0.5, 0.6) is 0 Å². The summed E-state index contributed by atoms with van der Waals surface area (Å²) in [6, 6.07) is 7.83. The maximum absolute atomic E-state index is 5.82. The summed E-state index contributed by atoms with van der Waals surface area (Å²) in [5.41, 5.74) is 1.13. The molecule has 0 atom stereocenters. The van der Waals surface area contributed by atoms with E-state index in [1.165, 1.54) is 19.4 Å². The van der Waals surface area contributed by atoms with Gasteiger partial charge >= 0.3 is 0 Å². The lowest BCUT2D eigenvalue weighted by Gasteiger charge is -2.16. The highest BCUT2D eigenvalue weighted by Crippen LogP contribution is 2.12. The number of likely N-dealkylation sites (N-methyl/N-ethyl adjacent to an activating group) is 1. The molecule has 2 nitrogen and oxygen atoms in total. The van der Waals surface area contributed by atoms with Gasteiger partial charge in [0.1, 0.15) is 0 Å². The van der Waals surface area contributed by atoms with Gasteiger partial charge in [-0.1, -0.05) is 24.9 Å². The van der Waals surface area contributed by atoms with Crippen LogP contribution in [0, 0.1) is 0 Å². The van der Waals surface area contributed by atoms with E-state index in [0.717, 1.165) is 23.8 Å². The van der Waals surface area contributed by atoms with Crippen LogP contribution in [-0.4, -0.2) is 31.6 Å². The number of halogens is 1. The van der Waals surface area contributed by atoms with E-state index in [1.807, 2.05) is 24.3 Å². The molecular weight excluding hydrogens is 220 g/mol. The van der Waals surface area contributed by atoms with Crippen LogP contribution in [0.4, 0.5) is 5.69 Å². The minimum atomic E-state index is 0.783. The summed E-state index contributed by atoms with van der Waals surface area (Å²) >= 11 is 5.82. The van der Waals surface area contributed by atoms with Gasteiger partial charge in [-0.3, -0.25) is 0 Å². The van der Waals surface area contributed by atoms with Crippen LogP contribution in [-0.2, 0) is 0 Å². The highest BCUT2D eigenvalue weighted by atomic mass is 35.5. The minimum Gasteiger partial charge on any atom is -0.384 e. The number of hydrogen-bond acceptors (Lipinski definition) is 2. The predicted octanol–water partition coefficient (Wildman–Crippen LogP) is 3.48. The molecule has 1 aromatic rings. The zero-order valence-electron chi connectivity index (χ0n) is 10.2. The van der Waals surface area contributed by atoms with E-state index in [-0.39, 0.29) is 0 Å². The van der Waals surface area contributed by atoms with Crippen molar-refractivity contribution in [3.63, 3.8) is 0 Å². The van der Waals surface area contributed by atoms with Crippen LogP contribution < -0.4 is 5.32 Å². The van der Waals surface area contributed by atoms with E-state index in [0.29, 0.717) is 0 Å². The van der Waals surface area contributed by atoms with Gasteiger partial charge in [0.05, 0.1) is 0 Å². The molecule has 16 heavy (non-hydrogen) atoms. The zero-order valence-corrected chi connectivity index (χ0v) is 10.9. The number of anilines is 1. The second-order valence-corrected chi connectivity index (χ2v) is 4.53. The normalized spacial score (nSPS) is 10.8. The largest absolute Gasteiger partial charge is 0.384 e. The highest BCUT2D eigenvalue weighted by molar-refractivity contribution is 6.30. The van der Waals surface area contributed by atoms with E-state index < -0.39 is 0 Å². The third kappa shape index (κ3) is 5.38. The Labute approximate surface area is 104 Å². The Kier molecular flexibility index (Phi) is 6.27. The summed E-state index contributed by atoms with van der Waals surface area (Å²) < 4.78 is 0. The van der Waals surface area contributed by atoms with Crippen molar-refractivity contribution in [1.29, 1.82) is 0 Å². The maximum atomic E-state index is 5.82.